The van der Waals surface area contributed by atoms with Gasteiger partial charge in [0.2, 0.25) is 5.91 Å². The largest absolute Gasteiger partial charge is 0.467 e. The van der Waals surface area contributed by atoms with Crippen molar-refractivity contribution in [2.24, 2.45) is 0 Å². The molecular formula is C17H24N4O3. The summed E-state index contributed by atoms with van der Waals surface area (Å²) in [5, 5.41) is 14.5. The van der Waals surface area contributed by atoms with E-state index in [0.717, 1.165) is 25.7 Å². The van der Waals surface area contributed by atoms with Gasteiger partial charge in [-0.3, -0.25) is 4.79 Å². The lowest BCUT2D eigenvalue weighted by atomic mass is 10.0. The predicted octanol–water partition coefficient (Wildman–Crippen LogP) is 2.33. The quantitative estimate of drug-likeness (QED) is 0.908. The molecule has 2 aromatic heterocycles. The summed E-state index contributed by atoms with van der Waals surface area (Å²) >= 11 is 0. The van der Waals surface area contributed by atoms with Gasteiger partial charge in [0.15, 0.2) is 0 Å². The Balaban J connectivity index is 1.73. The molecule has 7 heteroatoms. The average Bonchev–Trinajstić information content (AvgIpc) is 3.25. The van der Waals surface area contributed by atoms with Crippen LogP contribution in [0.2, 0.25) is 0 Å². The van der Waals surface area contributed by atoms with E-state index in [1.807, 2.05) is 11.8 Å². The lowest BCUT2D eigenvalue weighted by Crippen LogP contribution is -2.44. The molecule has 1 saturated heterocycles. The normalized spacial score (nSPS) is 21.2. The molecule has 0 radical (unpaired) electrons. The topological polar surface area (TPSA) is 84.4 Å². The third kappa shape index (κ3) is 3.67. The first-order chi connectivity index (χ1) is 11.7. The number of carbonyl (C=O) groups excluding carboxylic acids is 1. The molecule has 3 atom stereocenters. The Morgan fingerprint density at radius 2 is 2.33 bits per heavy atom. The summed E-state index contributed by atoms with van der Waals surface area (Å²) in [7, 11) is 0. The Hall–Kier alpha value is -2.15. The van der Waals surface area contributed by atoms with E-state index >= 15 is 0 Å². The maximum Gasteiger partial charge on any atom is 0.247 e. The van der Waals surface area contributed by atoms with Gasteiger partial charge in [-0.1, -0.05) is 12.8 Å². The highest BCUT2D eigenvalue weighted by molar-refractivity contribution is 5.80. The average molecular weight is 332 g/mol. The molecule has 24 heavy (non-hydrogen) atoms. The number of aliphatic hydroxyl groups is 1. The van der Waals surface area contributed by atoms with Crippen molar-refractivity contribution in [2.75, 3.05) is 6.54 Å². The van der Waals surface area contributed by atoms with Gasteiger partial charge in [-0.05, 0) is 31.9 Å². The van der Waals surface area contributed by atoms with E-state index in [2.05, 4.69) is 10.1 Å². The van der Waals surface area contributed by atoms with Crippen molar-refractivity contribution in [3.8, 4) is 0 Å². The van der Waals surface area contributed by atoms with Crippen molar-refractivity contribution in [1.29, 1.82) is 0 Å². The molecule has 0 aromatic carbocycles. The minimum Gasteiger partial charge on any atom is -0.467 e. The van der Waals surface area contributed by atoms with E-state index in [0.29, 0.717) is 18.7 Å². The van der Waals surface area contributed by atoms with Gasteiger partial charge in [0.05, 0.1) is 6.26 Å². The van der Waals surface area contributed by atoms with E-state index in [-0.39, 0.29) is 11.9 Å². The van der Waals surface area contributed by atoms with Crippen LogP contribution in [-0.4, -0.2) is 43.3 Å². The highest BCUT2D eigenvalue weighted by Gasteiger charge is 2.31. The number of aliphatic hydroxyl groups excluding tert-OH is 1. The molecule has 3 rings (SSSR count). The van der Waals surface area contributed by atoms with Crippen molar-refractivity contribution in [1.82, 2.24) is 19.7 Å². The molecule has 3 unspecified atom stereocenters. The number of furan rings is 1. The molecule has 0 aliphatic carbocycles. The van der Waals surface area contributed by atoms with Crippen LogP contribution >= 0.6 is 0 Å². The second kappa shape index (κ2) is 7.61. The van der Waals surface area contributed by atoms with Gasteiger partial charge in [0, 0.05) is 19.0 Å². The third-order valence-electron chi connectivity index (χ3n) is 4.72. The molecular weight excluding hydrogens is 308 g/mol. The fourth-order valence-electron chi connectivity index (χ4n) is 3.34. The third-order valence-corrected chi connectivity index (χ3v) is 4.72. The van der Waals surface area contributed by atoms with Crippen LogP contribution in [0.25, 0.3) is 0 Å². The monoisotopic (exact) mass is 332 g/mol. The molecule has 1 aliphatic heterocycles. The predicted molar refractivity (Wildman–Crippen MR) is 87.0 cm³/mol. The molecule has 0 bridgehead atoms. The maximum atomic E-state index is 13.0. The molecule has 0 spiro atoms. The molecule has 130 valence electrons. The van der Waals surface area contributed by atoms with E-state index in [4.69, 9.17) is 4.42 Å². The van der Waals surface area contributed by atoms with Crippen LogP contribution in [-0.2, 0) is 4.79 Å². The van der Waals surface area contributed by atoms with Gasteiger partial charge in [-0.15, -0.1) is 0 Å². The van der Waals surface area contributed by atoms with Crippen LogP contribution in [0.3, 0.4) is 0 Å². The summed E-state index contributed by atoms with van der Waals surface area (Å²) in [6.45, 7) is 2.55. The summed E-state index contributed by atoms with van der Waals surface area (Å²) in [4.78, 5) is 18.8. The van der Waals surface area contributed by atoms with Crippen LogP contribution in [0.15, 0.2) is 35.5 Å². The molecule has 1 fully saturated rings. The van der Waals surface area contributed by atoms with Crippen molar-refractivity contribution < 1.29 is 14.3 Å². The zero-order valence-electron chi connectivity index (χ0n) is 13.9. The van der Waals surface area contributed by atoms with Crippen molar-refractivity contribution in [3.63, 3.8) is 0 Å². The Labute approximate surface area is 141 Å². The zero-order chi connectivity index (χ0) is 16.9. The summed E-state index contributed by atoms with van der Waals surface area (Å²) in [5.41, 5.74) is 0. The van der Waals surface area contributed by atoms with Crippen molar-refractivity contribution in [3.05, 3.63) is 36.8 Å². The minimum absolute atomic E-state index is 0.00562. The minimum atomic E-state index is -0.694. The smallest absolute Gasteiger partial charge is 0.247 e. The fraction of sp³-hybridized carbons (Fsp3) is 0.588. The Morgan fingerprint density at radius 3 is 3.04 bits per heavy atom. The standard InChI is InChI=1S/C17H24N4O3/c1-13(21-12-18-11-19-21)17(23)20-8-4-2-3-6-14(20)10-15(22)16-7-5-9-24-16/h5,7,9,11-15,22H,2-4,6,8,10H2,1H3. The lowest BCUT2D eigenvalue weighted by Gasteiger charge is -2.33. The molecule has 2 aromatic rings. The van der Waals surface area contributed by atoms with Gasteiger partial charge in [-0.2, -0.15) is 5.10 Å². The SMILES string of the molecule is CC(C(=O)N1CCCCCC1CC(O)c1ccco1)n1cncn1. The van der Waals surface area contributed by atoms with Crippen LogP contribution in [0.1, 0.15) is 56.9 Å². The van der Waals surface area contributed by atoms with Crippen molar-refractivity contribution in [2.45, 2.75) is 57.2 Å². The second-order valence-corrected chi connectivity index (χ2v) is 6.35. The van der Waals surface area contributed by atoms with E-state index in [9.17, 15) is 9.90 Å². The number of amides is 1. The van der Waals surface area contributed by atoms with E-state index < -0.39 is 12.1 Å². The van der Waals surface area contributed by atoms with Gasteiger partial charge in [-0.25, -0.2) is 9.67 Å². The zero-order valence-corrected chi connectivity index (χ0v) is 13.9. The molecule has 7 nitrogen and oxygen atoms in total. The van der Waals surface area contributed by atoms with E-state index in [1.165, 1.54) is 6.33 Å². The van der Waals surface area contributed by atoms with Crippen LogP contribution in [0.5, 0.6) is 0 Å². The Bertz CT molecular complexity index is 626. The molecule has 1 amide bonds. The first-order valence-electron chi connectivity index (χ1n) is 8.53. The van der Waals surface area contributed by atoms with Gasteiger partial charge in [0.1, 0.15) is 30.6 Å². The Kier molecular flexibility index (Phi) is 5.30. The van der Waals surface area contributed by atoms with E-state index in [1.54, 1.807) is 29.4 Å². The first kappa shape index (κ1) is 16.7. The molecule has 1 aliphatic rings. The lowest BCUT2D eigenvalue weighted by molar-refractivity contribution is -0.137. The van der Waals surface area contributed by atoms with Gasteiger partial charge < -0.3 is 14.4 Å². The number of likely N-dealkylation sites (tertiary alicyclic amines) is 1. The summed E-state index contributed by atoms with van der Waals surface area (Å²) < 4.78 is 6.87. The molecule has 0 saturated carbocycles. The summed E-state index contributed by atoms with van der Waals surface area (Å²) in [6, 6.07) is 3.15. The number of carbonyl (C=O) groups is 1. The number of hydrogen-bond acceptors (Lipinski definition) is 5. The summed E-state index contributed by atoms with van der Waals surface area (Å²) in [6.07, 6.45) is 8.41. The Morgan fingerprint density at radius 1 is 1.46 bits per heavy atom. The van der Waals surface area contributed by atoms with Gasteiger partial charge >= 0.3 is 0 Å². The second-order valence-electron chi connectivity index (χ2n) is 6.35. The number of nitrogens with zero attached hydrogens (tertiary/aromatic N) is 4. The van der Waals surface area contributed by atoms with Crippen LogP contribution in [0, 0.1) is 0 Å². The fourth-order valence-corrected chi connectivity index (χ4v) is 3.34. The summed E-state index contributed by atoms with van der Waals surface area (Å²) in [5.74, 6) is 0.579. The van der Waals surface area contributed by atoms with Gasteiger partial charge in [0.25, 0.3) is 0 Å². The van der Waals surface area contributed by atoms with Crippen molar-refractivity contribution >= 4 is 5.91 Å². The maximum absolute atomic E-state index is 13.0. The van der Waals surface area contributed by atoms with Crippen LogP contribution in [0.4, 0.5) is 0 Å². The molecule has 1 N–H and O–H groups in total. The van der Waals surface area contributed by atoms with Crippen LogP contribution < -0.4 is 0 Å². The first-order valence-corrected chi connectivity index (χ1v) is 8.53. The number of hydrogen-bond donors (Lipinski definition) is 1. The number of rotatable bonds is 5. The molecule has 3 heterocycles. The highest BCUT2D eigenvalue weighted by atomic mass is 16.4. The highest BCUT2D eigenvalue weighted by Crippen LogP contribution is 2.28. The number of aromatic nitrogens is 3.